The predicted molar refractivity (Wildman–Crippen MR) is 178 cm³/mol. The summed E-state index contributed by atoms with van der Waals surface area (Å²) in [4.78, 5) is 31.0. The van der Waals surface area contributed by atoms with Crippen LogP contribution >= 0.6 is 11.6 Å². The quantitative estimate of drug-likeness (QED) is 0.259. The van der Waals surface area contributed by atoms with Gasteiger partial charge >= 0.3 is 0 Å². The molecule has 45 heavy (non-hydrogen) atoms. The lowest BCUT2D eigenvalue weighted by Gasteiger charge is -2.51. The molecule has 0 aromatic heterocycles. The monoisotopic (exact) mass is 661 g/mol. The second-order valence-corrected chi connectivity index (χ2v) is 15.2. The number of hydrogen-bond donors (Lipinski definition) is 1. The van der Waals surface area contributed by atoms with E-state index >= 15 is 0 Å². The normalized spacial score (nSPS) is 25.1. The number of nitrogens with one attached hydrogen (secondary N) is 1. The number of carbonyl (C=O) groups excluding carboxylic acids is 2. The maximum Gasteiger partial charge on any atom is 0.248 e. The molecule has 4 aliphatic rings. The predicted octanol–water partition coefficient (Wildman–Crippen LogP) is 5.14. The van der Waals surface area contributed by atoms with E-state index in [1.54, 1.807) is 30.1 Å². The molecule has 0 bridgehead atoms. The minimum Gasteiger partial charge on any atom is -0.501 e. The molecule has 0 radical (unpaired) electrons. The number of halogens is 1. The zero-order valence-electron chi connectivity index (χ0n) is 27.2. The van der Waals surface area contributed by atoms with Crippen molar-refractivity contribution in [3.05, 3.63) is 70.3 Å². The third kappa shape index (κ3) is 9.14. The molecule has 248 valence electrons. The Balaban J connectivity index is 1.41. The van der Waals surface area contributed by atoms with Gasteiger partial charge in [0.1, 0.15) is 11.3 Å². The average Bonchev–Trinajstić information content (AvgIpc) is 2.98. The Hall–Kier alpha value is -2.82. The molecule has 3 atom stereocenters. The van der Waals surface area contributed by atoms with E-state index in [2.05, 4.69) is 23.8 Å². The van der Waals surface area contributed by atoms with Crippen LogP contribution in [-0.2, 0) is 29.1 Å². The van der Waals surface area contributed by atoms with Crippen LogP contribution in [0.1, 0.15) is 65.7 Å². The Labute approximate surface area is 273 Å². The zero-order valence-corrected chi connectivity index (χ0v) is 28.8. The van der Waals surface area contributed by atoms with Crippen molar-refractivity contribution in [1.29, 1.82) is 0 Å². The van der Waals surface area contributed by atoms with Crippen LogP contribution in [-0.4, -0.2) is 87.1 Å². The van der Waals surface area contributed by atoms with Crippen molar-refractivity contribution in [2.75, 3.05) is 46.2 Å². The standard InChI is InChI=1S/C34H48ClN3O6S/c1-24-17-25(2)19-27(18-24)20-32(39)38-15-13-34(38,3)33(40)37(23-26-7-10-29(35)11-8-26)14-6-16-45(41,42)36-22-28-9-12-30(43-4)21-31(28)44-5/h7-8,10,17-18,21,25,29,36H,6,9,11-16,19-20,22-23H2,1-5H3. The highest BCUT2D eigenvalue weighted by Gasteiger charge is 2.51. The van der Waals surface area contributed by atoms with Crippen LogP contribution in [0, 0.1) is 5.92 Å². The Morgan fingerprint density at radius 1 is 1.20 bits per heavy atom. The number of nitrogens with zero attached hydrogens (tertiary/aromatic N) is 2. The van der Waals surface area contributed by atoms with E-state index in [4.69, 9.17) is 21.1 Å². The Morgan fingerprint density at radius 3 is 2.60 bits per heavy atom. The number of methoxy groups -OCH3 is 2. The SMILES string of the molecule is COC1=CC(OC)=C(CNS(=O)(=O)CCCN(CC2=CCC(Cl)C=C2)C(=O)C2(C)CCN2C(=O)CC2=CC(C)=CC(C)C2)CC1. The van der Waals surface area contributed by atoms with E-state index in [1.165, 1.54) is 0 Å². The lowest BCUT2D eigenvalue weighted by molar-refractivity contribution is -0.163. The number of alkyl halides is 1. The fourth-order valence-electron chi connectivity index (χ4n) is 6.49. The fraction of sp³-hybridized carbons (Fsp3) is 0.588. The van der Waals surface area contributed by atoms with E-state index < -0.39 is 15.6 Å². The molecular weight excluding hydrogens is 614 g/mol. The first-order chi connectivity index (χ1) is 21.3. The van der Waals surface area contributed by atoms with Gasteiger partial charge in [-0.1, -0.05) is 48.5 Å². The smallest absolute Gasteiger partial charge is 0.248 e. The molecule has 1 aliphatic heterocycles. The van der Waals surface area contributed by atoms with Crippen molar-refractivity contribution in [3.63, 3.8) is 0 Å². The first-order valence-electron chi connectivity index (χ1n) is 15.8. The molecule has 0 spiro atoms. The molecular formula is C34H48ClN3O6S. The molecule has 0 aromatic rings. The molecule has 1 N–H and O–H groups in total. The average molecular weight is 662 g/mol. The topological polar surface area (TPSA) is 105 Å². The van der Waals surface area contributed by atoms with Gasteiger partial charge in [0.2, 0.25) is 21.8 Å². The molecule has 1 heterocycles. The summed E-state index contributed by atoms with van der Waals surface area (Å²) in [6, 6.07) is 0. The largest absolute Gasteiger partial charge is 0.501 e. The Morgan fingerprint density at radius 2 is 1.98 bits per heavy atom. The molecule has 3 unspecified atom stereocenters. The van der Waals surface area contributed by atoms with E-state index in [0.717, 1.165) is 34.5 Å². The maximum atomic E-state index is 14.1. The fourth-order valence-corrected chi connectivity index (χ4v) is 7.70. The summed E-state index contributed by atoms with van der Waals surface area (Å²) in [5, 5.41) is -0.0869. The number of rotatable bonds is 14. The van der Waals surface area contributed by atoms with Gasteiger partial charge in [-0.25, -0.2) is 13.1 Å². The van der Waals surface area contributed by atoms with Crippen molar-refractivity contribution in [2.24, 2.45) is 5.92 Å². The molecule has 3 aliphatic carbocycles. The summed E-state index contributed by atoms with van der Waals surface area (Å²) < 4.78 is 39.4. The van der Waals surface area contributed by atoms with Crippen molar-refractivity contribution in [3.8, 4) is 0 Å². The highest BCUT2D eigenvalue weighted by atomic mass is 35.5. The molecule has 2 amide bonds. The van der Waals surface area contributed by atoms with E-state index in [9.17, 15) is 18.0 Å². The van der Waals surface area contributed by atoms with Gasteiger partial charge in [0.15, 0.2) is 0 Å². The number of amides is 2. The van der Waals surface area contributed by atoms with Crippen molar-refractivity contribution in [2.45, 2.75) is 76.6 Å². The Kier molecular flexibility index (Phi) is 11.8. The number of carbonyl (C=O) groups is 2. The summed E-state index contributed by atoms with van der Waals surface area (Å²) in [6.07, 6.45) is 15.9. The summed E-state index contributed by atoms with van der Waals surface area (Å²) in [6.45, 7) is 7.27. The van der Waals surface area contributed by atoms with Crippen LogP contribution in [0.4, 0.5) is 0 Å². The highest BCUT2D eigenvalue weighted by Crippen LogP contribution is 2.35. The molecule has 1 fully saturated rings. The summed E-state index contributed by atoms with van der Waals surface area (Å²) in [5.41, 5.74) is 3.10. The number of sulfonamides is 1. The van der Waals surface area contributed by atoms with Crippen LogP contribution in [0.15, 0.2) is 70.3 Å². The highest BCUT2D eigenvalue weighted by molar-refractivity contribution is 7.89. The van der Waals surface area contributed by atoms with Gasteiger partial charge in [-0.2, -0.15) is 0 Å². The summed E-state index contributed by atoms with van der Waals surface area (Å²) in [7, 11) is -0.465. The number of hydrogen-bond acceptors (Lipinski definition) is 6. The van der Waals surface area contributed by atoms with Gasteiger partial charge in [0, 0.05) is 45.1 Å². The molecule has 0 saturated carbocycles. The second-order valence-electron chi connectivity index (χ2n) is 12.7. The molecule has 9 nitrogen and oxygen atoms in total. The number of allylic oxidation sites excluding steroid dienone is 7. The minimum absolute atomic E-state index is 0.0429. The van der Waals surface area contributed by atoms with Gasteiger partial charge in [-0.3, -0.25) is 9.59 Å². The van der Waals surface area contributed by atoms with Crippen molar-refractivity contribution in [1.82, 2.24) is 14.5 Å². The number of likely N-dealkylation sites (tertiary alicyclic amines) is 1. The first kappa shape index (κ1) is 35.0. The maximum absolute atomic E-state index is 14.1. The van der Waals surface area contributed by atoms with Crippen LogP contribution in [0.3, 0.4) is 0 Å². The zero-order chi connectivity index (χ0) is 32.8. The van der Waals surface area contributed by atoms with Crippen LogP contribution in [0.5, 0.6) is 0 Å². The van der Waals surface area contributed by atoms with Gasteiger partial charge in [-0.15, -0.1) is 11.6 Å². The van der Waals surface area contributed by atoms with E-state index in [1.807, 2.05) is 32.1 Å². The summed E-state index contributed by atoms with van der Waals surface area (Å²) >= 11 is 6.23. The molecule has 11 heteroatoms. The third-order valence-electron chi connectivity index (χ3n) is 9.05. The minimum atomic E-state index is -3.62. The second kappa shape index (κ2) is 15.2. The van der Waals surface area contributed by atoms with Gasteiger partial charge < -0.3 is 19.3 Å². The third-order valence-corrected chi connectivity index (χ3v) is 10.8. The molecule has 1 saturated heterocycles. The number of ether oxygens (including phenoxy) is 2. The van der Waals surface area contributed by atoms with E-state index in [0.29, 0.717) is 56.9 Å². The molecule has 0 aromatic carbocycles. The van der Waals surface area contributed by atoms with Crippen molar-refractivity contribution >= 4 is 33.4 Å². The van der Waals surface area contributed by atoms with Gasteiger partial charge in [0.05, 0.1) is 31.1 Å². The van der Waals surface area contributed by atoms with Crippen LogP contribution < -0.4 is 4.72 Å². The Bertz CT molecular complexity index is 1440. The molecule has 4 rings (SSSR count). The van der Waals surface area contributed by atoms with Crippen LogP contribution in [0.25, 0.3) is 0 Å². The lowest BCUT2D eigenvalue weighted by atomic mass is 9.83. The van der Waals surface area contributed by atoms with Gasteiger partial charge in [-0.05, 0) is 63.0 Å². The van der Waals surface area contributed by atoms with Gasteiger partial charge in [0.25, 0.3) is 0 Å². The summed E-state index contributed by atoms with van der Waals surface area (Å²) in [5.74, 6) is 1.45. The first-order valence-corrected chi connectivity index (χ1v) is 17.9. The lowest BCUT2D eigenvalue weighted by Crippen LogP contribution is -2.68. The van der Waals surface area contributed by atoms with Crippen molar-refractivity contribution < 1.29 is 27.5 Å². The van der Waals surface area contributed by atoms with Crippen LogP contribution in [0.2, 0.25) is 0 Å². The van der Waals surface area contributed by atoms with E-state index in [-0.39, 0.29) is 42.5 Å².